The molecule has 27 heavy (non-hydrogen) atoms. The second kappa shape index (κ2) is 6.49. The molecule has 0 amide bonds. The van der Waals surface area contributed by atoms with Crippen molar-refractivity contribution >= 4 is 23.4 Å². The van der Waals surface area contributed by atoms with Crippen molar-refractivity contribution in [3.05, 3.63) is 29.8 Å². The Morgan fingerprint density at radius 3 is 2.48 bits per heavy atom. The lowest BCUT2D eigenvalue weighted by atomic mass is 9.77. The van der Waals surface area contributed by atoms with Crippen LogP contribution < -0.4 is 5.73 Å². The van der Waals surface area contributed by atoms with E-state index in [1.54, 1.807) is 26.0 Å². The van der Waals surface area contributed by atoms with Crippen LogP contribution in [0.1, 0.15) is 50.8 Å². The van der Waals surface area contributed by atoms with Crippen molar-refractivity contribution in [2.24, 2.45) is 5.73 Å². The molecule has 3 aromatic rings. The first-order valence-electron chi connectivity index (χ1n) is 8.42. The maximum Gasteiger partial charge on any atom is 0.449 e. The summed E-state index contributed by atoms with van der Waals surface area (Å²) in [5, 5.41) is 3.94. The second-order valence-electron chi connectivity index (χ2n) is 7.03. The van der Waals surface area contributed by atoms with Gasteiger partial charge in [-0.1, -0.05) is 5.16 Å². The summed E-state index contributed by atoms with van der Waals surface area (Å²) in [6.07, 6.45) is -1.94. The Morgan fingerprint density at radius 1 is 1.22 bits per heavy atom. The number of nitrogens with two attached hydrogens (primary N) is 1. The Kier molecular flexibility index (Phi) is 4.72. The number of aromatic nitrogens is 4. The highest BCUT2D eigenvalue weighted by Gasteiger charge is 2.40. The van der Waals surface area contributed by atoms with Crippen molar-refractivity contribution in [1.82, 2.24) is 19.7 Å². The van der Waals surface area contributed by atoms with Gasteiger partial charge in [-0.2, -0.15) is 18.2 Å². The molecule has 0 aliphatic heterocycles. The third kappa shape index (κ3) is 3.19. The van der Waals surface area contributed by atoms with Gasteiger partial charge in [0.2, 0.25) is 5.82 Å². The summed E-state index contributed by atoms with van der Waals surface area (Å²) in [5.41, 5.74) is 6.78. The van der Waals surface area contributed by atoms with E-state index in [4.69, 9.17) is 10.3 Å². The third-order valence-electron chi connectivity index (χ3n) is 4.82. The van der Waals surface area contributed by atoms with Crippen LogP contribution in [0.15, 0.2) is 22.7 Å². The van der Waals surface area contributed by atoms with Crippen LogP contribution in [0.2, 0.25) is 0 Å². The Balaban J connectivity index is 0.00000210. The molecule has 0 atom stereocenters. The van der Waals surface area contributed by atoms with Gasteiger partial charge in [0.15, 0.2) is 5.82 Å². The van der Waals surface area contributed by atoms with Crippen LogP contribution in [-0.4, -0.2) is 19.7 Å². The number of halogens is 4. The maximum absolute atomic E-state index is 13.3. The Morgan fingerprint density at radius 2 is 1.93 bits per heavy atom. The van der Waals surface area contributed by atoms with Crippen LogP contribution in [0.3, 0.4) is 0 Å². The fraction of sp³-hybridized carbons (Fsp3) is 0.471. The van der Waals surface area contributed by atoms with Crippen LogP contribution in [0.25, 0.3) is 22.5 Å². The highest BCUT2D eigenvalue weighted by molar-refractivity contribution is 5.85. The molecule has 2 heterocycles. The smallest absolute Gasteiger partial charge is 0.334 e. The van der Waals surface area contributed by atoms with Crippen molar-refractivity contribution in [2.45, 2.75) is 50.9 Å². The molecule has 2 aromatic heterocycles. The Hall–Kier alpha value is -2.13. The minimum absolute atomic E-state index is 0. The van der Waals surface area contributed by atoms with Gasteiger partial charge in [0.1, 0.15) is 0 Å². The van der Waals surface area contributed by atoms with Crippen LogP contribution in [0.4, 0.5) is 13.2 Å². The van der Waals surface area contributed by atoms with Gasteiger partial charge in [0, 0.05) is 11.6 Å². The molecule has 4 rings (SSSR count). The lowest BCUT2D eigenvalue weighted by Crippen LogP contribution is -2.44. The van der Waals surface area contributed by atoms with Crippen LogP contribution >= 0.6 is 12.4 Å². The first-order valence-corrected chi connectivity index (χ1v) is 8.42. The van der Waals surface area contributed by atoms with Gasteiger partial charge < -0.3 is 14.8 Å². The molecule has 1 aromatic carbocycles. The molecule has 10 heteroatoms. The minimum atomic E-state index is -4.53. The van der Waals surface area contributed by atoms with Crippen molar-refractivity contribution in [2.75, 3.05) is 0 Å². The van der Waals surface area contributed by atoms with Gasteiger partial charge >= 0.3 is 6.18 Å². The summed E-state index contributed by atoms with van der Waals surface area (Å²) in [4.78, 5) is 8.13. The van der Waals surface area contributed by atoms with E-state index < -0.39 is 17.5 Å². The van der Waals surface area contributed by atoms with Crippen molar-refractivity contribution in [1.29, 1.82) is 0 Å². The molecule has 0 bridgehead atoms. The largest absolute Gasteiger partial charge is 0.449 e. The molecule has 6 nitrogen and oxygen atoms in total. The summed E-state index contributed by atoms with van der Waals surface area (Å²) in [6.45, 7) is 3.38. The van der Waals surface area contributed by atoms with E-state index in [0.29, 0.717) is 16.9 Å². The Labute approximate surface area is 159 Å². The molecule has 0 saturated heterocycles. The summed E-state index contributed by atoms with van der Waals surface area (Å²) in [7, 11) is 0. The molecular weight excluding hydrogens is 383 g/mol. The zero-order valence-electron chi connectivity index (χ0n) is 14.7. The molecule has 146 valence electrons. The van der Waals surface area contributed by atoms with E-state index in [2.05, 4.69) is 15.1 Å². The normalized spacial score (nSPS) is 16.4. The molecule has 1 aliphatic carbocycles. The molecular formula is C17H19ClF3N5O. The zero-order valence-corrected chi connectivity index (χ0v) is 15.6. The van der Waals surface area contributed by atoms with Gasteiger partial charge in [0.05, 0.1) is 16.6 Å². The molecule has 2 N–H and O–H groups in total. The molecule has 0 unspecified atom stereocenters. The second-order valence-corrected chi connectivity index (χ2v) is 7.03. The summed E-state index contributed by atoms with van der Waals surface area (Å²) < 4.78 is 46.4. The van der Waals surface area contributed by atoms with E-state index in [1.165, 1.54) is 10.6 Å². The predicted molar refractivity (Wildman–Crippen MR) is 95.4 cm³/mol. The van der Waals surface area contributed by atoms with Gasteiger partial charge in [0.25, 0.3) is 5.89 Å². The average molecular weight is 402 g/mol. The van der Waals surface area contributed by atoms with Crippen LogP contribution in [0, 0.1) is 0 Å². The fourth-order valence-electron chi connectivity index (χ4n) is 3.28. The van der Waals surface area contributed by atoms with Crippen LogP contribution in [-0.2, 0) is 11.7 Å². The lowest BCUT2D eigenvalue weighted by Gasteiger charge is -2.34. The highest BCUT2D eigenvalue weighted by Crippen LogP contribution is 2.38. The topological polar surface area (TPSA) is 82.8 Å². The van der Waals surface area contributed by atoms with E-state index in [0.717, 1.165) is 19.3 Å². The Bertz CT molecular complexity index is 975. The van der Waals surface area contributed by atoms with Gasteiger partial charge in [-0.15, -0.1) is 12.4 Å². The SMILES string of the molecule is CC(C)n1c(C(F)(F)F)nc2cc(-c3nc(C4(N)CCC4)no3)ccc21.Cl. The molecule has 1 aliphatic rings. The van der Waals surface area contributed by atoms with E-state index in [1.807, 2.05) is 0 Å². The number of fused-ring (bicyclic) bond motifs is 1. The minimum Gasteiger partial charge on any atom is -0.334 e. The first-order chi connectivity index (χ1) is 12.2. The van der Waals surface area contributed by atoms with E-state index in [9.17, 15) is 13.2 Å². The van der Waals surface area contributed by atoms with Gasteiger partial charge in [-0.25, -0.2) is 4.98 Å². The molecule has 0 spiro atoms. The van der Waals surface area contributed by atoms with E-state index >= 15 is 0 Å². The highest BCUT2D eigenvalue weighted by atomic mass is 35.5. The van der Waals surface area contributed by atoms with Gasteiger partial charge in [-0.3, -0.25) is 0 Å². The van der Waals surface area contributed by atoms with Crippen molar-refractivity contribution in [3.63, 3.8) is 0 Å². The summed E-state index contributed by atoms with van der Waals surface area (Å²) in [6, 6.07) is 4.40. The lowest BCUT2D eigenvalue weighted by molar-refractivity contribution is -0.147. The first kappa shape index (κ1) is 19.6. The predicted octanol–water partition coefficient (Wildman–Crippen LogP) is 4.45. The summed E-state index contributed by atoms with van der Waals surface area (Å²) >= 11 is 0. The average Bonchev–Trinajstić information content (AvgIpc) is 3.16. The molecule has 1 fully saturated rings. The molecule has 1 saturated carbocycles. The third-order valence-corrected chi connectivity index (χ3v) is 4.82. The van der Waals surface area contributed by atoms with Crippen molar-refractivity contribution in [3.8, 4) is 11.5 Å². The number of alkyl halides is 3. The number of imidazole rings is 1. The summed E-state index contributed by atoms with van der Waals surface area (Å²) in [5.74, 6) is -0.255. The molecule has 0 radical (unpaired) electrons. The number of rotatable bonds is 3. The fourth-order valence-corrected chi connectivity index (χ4v) is 3.28. The number of hydrogen-bond acceptors (Lipinski definition) is 5. The monoisotopic (exact) mass is 401 g/mol. The zero-order chi connectivity index (χ0) is 18.7. The number of benzene rings is 1. The number of hydrogen-bond donors (Lipinski definition) is 1. The standard InChI is InChI=1S/C17H18F3N5O.ClH/c1-9(2)25-12-5-4-10(8-11(12)22-15(25)17(18,19)20)13-23-14(24-26-13)16(21)6-3-7-16;/h4-5,8-9H,3,6-7,21H2,1-2H3;1H. The number of nitrogens with zero attached hydrogens (tertiary/aromatic N) is 4. The maximum atomic E-state index is 13.3. The van der Waals surface area contributed by atoms with Crippen molar-refractivity contribution < 1.29 is 17.7 Å². The van der Waals surface area contributed by atoms with Gasteiger partial charge in [-0.05, 0) is 51.3 Å². The van der Waals surface area contributed by atoms with Crippen LogP contribution in [0.5, 0.6) is 0 Å². The quantitative estimate of drug-likeness (QED) is 0.701. The van der Waals surface area contributed by atoms with E-state index in [-0.39, 0.29) is 29.9 Å².